The van der Waals surface area contributed by atoms with Crippen LogP contribution in [0.25, 0.3) is 16.6 Å². The largest absolute Gasteiger partial charge is 0.370 e. The number of nitrogens with two attached hydrogens (primary N) is 1. The first-order chi connectivity index (χ1) is 10.6. The van der Waals surface area contributed by atoms with Crippen molar-refractivity contribution in [3.05, 3.63) is 41.9 Å². The Kier molecular flexibility index (Phi) is 3.34. The zero-order valence-corrected chi connectivity index (χ0v) is 11.9. The van der Waals surface area contributed by atoms with Crippen LogP contribution >= 0.6 is 0 Å². The highest BCUT2D eigenvalue weighted by Gasteiger charge is 2.17. The molecule has 0 saturated heterocycles. The fraction of sp³-hybridized carbons (Fsp3) is 0.143. The van der Waals surface area contributed by atoms with Crippen molar-refractivity contribution >= 4 is 22.8 Å². The molecule has 5 N–H and O–H groups in total. The zero-order chi connectivity index (χ0) is 15.7. The summed E-state index contributed by atoms with van der Waals surface area (Å²) in [6.07, 6.45) is 3.83. The summed E-state index contributed by atoms with van der Waals surface area (Å²) in [5.41, 5.74) is 8.14. The van der Waals surface area contributed by atoms with E-state index < -0.39 is 5.91 Å². The van der Waals surface area contributed by atoms with E-state index in [1.807, 2.05) is 25.1 Å². The van der Waals surface area contributed by atoms with Gasteiger partial charge in [-0.15, -0.1) is 0 Å². The number of nitrogens with zero attached hydrogens (tertiary/aromatic N) is 3. The molecule has 8 heteroatoms. The van der Waals surface area contributed by atoms with E-state index in [4.69, 9.17) is 11.1 Å². The molecular weight excluding hydrogens is 282 g/mol. The number of aromatic amines is 1. The molecule has 0 unspecified atom stereocenters. The summed E-state index contributed by atoms with van der Waals surface area (Å²) in [7, 11) is 0. The van der Waals surface area contributed by atoms with Crippen molar-refractivity contribution in [1.82, 2.24) is 25.3 Å². The van der Waals surface area contributed by atoms with Crippen LogP contribution in [0, 0.1) is 5.41 Å². The van der Waals surface area contributed by atoms with Gasteiger partial charge in [-0.05, 0) is 24.6 Å². The van der Waals surface area contributed by atoms with Crippen LogP contribution in [-0.2, 0) is 6.42 Å². The third kappa shape index (κ3) is 2.30. The van der Waals surface area contributed by atoms with Crippen molar-refractivity contribution in [2.45, 2.75) is 13.3 Å². The first-order valence-corrected chi connectivity index (χ1v) is 6.76. The number of hydrogen-bond acceptors (Lipinski definition) is 4. The second-order valence-electron chi connectivity index (χ2n) is 4.78. The van der Waals surface area contributed by atoms with Crippen LogP contribution in [0.3, 0.4) is 0 Å². The van der Waals surface area contributed by atoms with Crippen molar-refractivity contribution in [3.63, 3.8) is 0 Å². The fourth-order valence-corrected chi connectivity index (χ4v) is 2.38. The molecule has 8 nitrogen and oxygen atoms in total. The topological polar surface area (TPSA) is 125 Å². The maximum Gasteiger partial charge on any atom is 0.261 e. The minimum Gasteiger partial charge on any atom is -0.370 e. The molecule has 2 aromatic heterocycles. The Morgan fingerprint density at radius 1 is 1.45 bits per heavy atom. The molecule has 0 radical (unpaired) electrons. The highest BCUT2D eigenvalue weighted by atomic mass is 16.1. The second-order valence-corrected chi connectivity index (χ2v) is 4.78. The first-order valence-electron chi connectivity index (χ1n) is 6.76. The first kappa shape index (κ1) is 13.8. The minimum absolute atomic E-state index is 0.389. The van der Waals surface area contributed by atoms with Gasteiger partial charge in [0.1, 0.15) is 0 Å². The molecule has 1 amide bonds. The molecule has 0 saturated carbocycles. The Morgan fingerprint density at radius 2 is 2.27 bits per heavy atom. The molecule has 2 heterocycles. The van der Waals surface area contributed by atoms with Crippen LogP contribution in [-0.4, -0.2) is 31.8 Å². The SMILES string of the molecule is CCc1c(C(=O)NC(=N)N)cnn1-c1ccc2[nH]ncc2c1. The molecule has 112 valence electrons. The normalized spacial score (nSPS) is 10.8. The standard InChI is InChI=1S/C14H15N7O/c1-2-12-10(13(22)19-14(15)16)7-18-21(12)9-3-4-11-8(5-9)6-17-20-11/h3-7H,2H2,1H3,(H,17,20)(H4,15,16,19,22). The van der Waals surface area contributed by atoms with Gasteiger partial charge in [0.2, 0.25) is 0 Å². The second kappa shape index (κ2) is 5.32. The van der Waals surface area contributed by atoms with Gasteiger partial charge in [0.05, 0.1) is 34.9 Å². The third-order valence-corrected chi connectivity index (χ3v) is 3.36. The van der Waals surface area contributed by atoms with Gasteiger partial charge in [-0.25, -0.2) is 4.68 Å². The maximum atomic E-state index is 12.1. The molecule has 1 aromatic carbocycles. The predicted octanol–water partition coefficient (Wildman–Crippen LogP) is 0.934. The van der Waals surface area contributed by atoms with Crippen molar-refractivity contribution < 1.29 is 4.79 Å². The van der Waals surface area contributed by atoms with Crippen molar-refractivity contribution in [3.8, 4) is 5.69 Å². The third-order valence-electron chi connectivity index (χ3n) is 3.36. The Hall–Kier alpha value is -3.16. The predicted molar refractivity (Wildman–Crippen MR) is 82.0 cm³/mol. The number of nitrogens with one attached hydrogen (secondary N) is 3. The highest BCUT2D eigenvalue weighted by Crippen LogP contribution is 2.19. The molecule has 0 aliphatic heterocycles. The fourth-order valence-electron chi connectivity index (χ4n) is 2.38. The smallest absolute Gasteiger partial charge is 0.261 e. The summed E-state index contributed by atoms with van der Waals surface area (Å²) in [5.74, 6) is -0.820. The van der Waals surface area contributed by atoms with Gasteiger partial charge in [0.15, 0.2) is 5.96 Å². The Labute approximate surface area is 125 Å². The van der Waals surface area contributed by atoms with Crippen molar-refractivity contribution in [2.24, 2.45) is 5.73 Å². The summed E-state index contributed by atoms with van der Waals surface area (Å²) in [6.45, 7) is 1.94. The summed E-state index contributed by atoms with van der Waals surface area (Å²) in [5, 5.41) is 21.6. The number of hydrogen-bond donors (Lipinski definition) is 4. The number of benzene rings is 1. The number of fused-ring (bicyclic) bond motifs is 1. The number of H-pyrrole nitrogens is 1. The lowest BCUT2D eigenvalue weighted by molar-refractivity contribution is 0.0975. The van der Waals surface area contributed by atoms with Crippen LogP contribution in [0.15, 0.2) is 30.6 Å². The lowest BCUT2D eigenvalue weighted by Gasteiger charge is -2.08. The summed E-state index contributed by atoms with van der Waals surface area (Å²) in [4.78, 5) is 12.1. The van der Waals surface area contributed by atoms with Crippen LogP contribution in [0.5, 0.6) is 0 Å². The molecule has 0 fully saturated rings. The minimum atomic E-state index is -0.431. The van der Waals surface area contributed by atoms with Crippen LogP contribution < -0.4 is 11.1 Å². The van der Waals surface area contributed by atoms with Gasteiger partial charge in [0.25, 0.3) is 5.91 Å². The number of rotatable bonds is 3. The number of carbonyl (C=O) groups excluding carboxylic acids is 1. The zero-order valence-electron chi connectivity index (χ0n) is 11.9. The molecule has 3 aromatic rings. The molecule has 0 aliphatic rings. The Morgan fingerprint density at radius 3 is 3.00 bits per heavy atom. The number of guanidine groups is 1. The quantitative estimate of drug-likeness (QED) is 0.424. The van der Waals surface area contributed by atoms with E-state index in [-0.39, 0.29) is 5.96 Å². The van der Waals surface area contributed by atoms with E-state index in [9.17, 15) is 4.79 Å². The number of carbonyl (C=O) groups is 1. The van der Waals surface area contributed by atoms with E-state index in [0.717, 1.165) is 22.3 Å². The van der Waals surface area contributed by atoms with E-state index >= 15 is 0 Å². The molecule has 22 heavy (non-hydrogen) atoms. The van der Waals surface area contributed by atoms with E-state index in [0.29, 0.717) is 12.0 Å². The van der Waals surface area contributed by atoms with Crippen molar-refractivity contribution in [1.29, 1.82) is 5.41 Å². The maximum absolute atomic E-state index is 12.1. The van der Waals surface area contributed by atoms with Crippen LogP contribution in [0.1, 0.15) is 23.0 Å². The lowest BCUT2D eigenvalue weighted by atomic mass is 10.2. The molecule has 0 bridgehead atoms. The summed E-state index contributed by atoms with van der Waals surface area (Å²) >= 11 is 0. The van der Waals surface area contributed by atoms with E-state index in [1.54, 1.807) is 10.9 Å². The van der Waals surface area contributed by atoms with Crippen LogP contribution in [0.4, 0.5) is 0 Å². The van der Waals surface area contributed by atoms with Gasteiger partial charge in [-0.2, -0.15) is 10.2 Å². The number of aromatic nitrogens is 4. The van der Waals surface area contributed by atoms with Gasteiger partial charge in [-0.3, -0.25) is 20.6 Å². The van der Waals surface area contributed by atoms with Gasteiger partial charge < -0.3 is 5.73 Å². The molecule has 0 atom stereocenters. The molecule has 0 aliphatic carbocycles. The van der Waals surface area contributed by atoms with Gasteiger partial charge in [0, 0.05) is 5.39 Å². The number of amides is 1. The molecular formula is C14H15N7O. The monoisotopic (exact) mass is 297 g/mol. The lowest BCUT2D eigenvalue weighted by Crippen LogP contribution is -2.36. The van der Waals surface area contributed by atoms with Gasteiger partial charge >= 0.3 is 0 Å². The Bertz CT molecular complexity index is 861. The Balaban J connectivity index is 2.05. The van der Waals surface area contributed by atoms with Crippen molar-refractivity contribution in [2.75, 3.05) is 0 Å². The molecule has 0 spiro atoms. The summed E-state index contributed by atoms with van der Waals surface area (Å²) < 4.78 is 1.71. The van der Waals surface area contributed by atoms with Gasteiger partial charge in [-0.1, -0.05) is 6.92 Å². The highest BCUT2D eigenvalue weighted by molar-refractivity contribution is 6.05. The molecule has 3 rings (SSSR count). The van der Waals surface area contributed by atoms with Crippen LogP contribution in [0.2, 0.25) is 0 Å². The summed E-state index contributed by atoms with van der Waals surface area (Å²) in [6, 6.07) is 5.76. The average Bonchev–Trinajstić information content (AvgIpc) is 3.11. The average molecular weight is 297 g/mol. The van der Waals surface area contributed by atoms with E-state index in [1.165, 1.54) is 6.20 Å². The van der Waals surface area contributed by atoms with E-state index in [2.05, 4.69) is 20.6 Å².